The summed E-state index contributed by atoms with van der Waals surface area (Å²) in [7, 11) is 0. The summed E-state index contributed by atoms with van der Waals surface area (Å²) in [6, 6.07) is 0.419. The topological polar surface area (TPSA) is 58.6 Å². The van der Waals surface area contributed by atoms with Crippen LogP contribution in [0.3, 0.4) is 0 Å². The fourth-order valence-electron chi connectivity index (χ4n) is 2.01. The monoisotopic (exact) mass is 243 g/mol. The molecule has 0 aromatic heterocycles. The molecule has 0 aromatic carbocycles. The number of nitrogens with one attached hydrogen (secondary N) is 1. The molecular weight excluding hydrogens is 218 g/mol. The third kappa shape index (κ3) is 4.64. The highest BCUT2D eigenvalue weighted by Gasteiger charge is 2.40. The van der Waals surface area contributed by atoms with E-state index in [1.165, 1.54) is 0 Å². The van der Waals surface area contributed by atoms with Crippen LogP contribution in [-0.4, -0.2) is 35.9 Å². The van der Waals surface area contributed by atoms with Crippen molar-refractivity contribution in [3.05, 3.63) is 0 Å². The summed E-state index contributed by atoms with van der Waals surface area (Å²) in [6.07, 6.45) is 5.33. The lowest BCUT2D eigenvalue weighted by Gasteiger charge is -2.29. The third-order valence-electron chi connectivity index (χ3n) is 3.31. The minimum atomic E-state index is -0.739. The first-order valence-corrected chi connectivity index (χ1v) is 6.73. The van der Waals surface area contributed by atoms with E-state index in [1.807, 2.05) is 6.92 Å². The zero-order valence-corrected chi connectivity index (χ0v) is 11.0. The Balaban J connectivity index is 2.36. The van der Waals surface area contributed by atoms with Crippen LogP contribution in [0.25, 0.3) is 0 Å². The van der Waals surface area contributed by atoms with Crippen molar-refractivity contribution >= 4 is 5.97 Å². The van der Waals surface area contributed by atoms with Crippen molar-refractivity contribution in [2.24, 2.45) is 0 Å². The molecule has 2 N–H and O–H groups in total. The molecule has 0 spiro atoms. The van der Waals surface area contributed by atoms with Crippen LogP contribution in [0, 0.1) is 0 Å². The molecule has 0 saturated heterocycles. The number of carboxylic acid groups (broad SMARTS) is 1. The van der Waals surface area contributed by atoms with Crippen molar-refractivity contribution in [3.8, 4) is 0 Å². The molecule has 0 heterocycles. The van der Waals surface area contributed by atoms with Crippen molar-refractivity contribution in [1.82, 2.24) is 5.32 Å². The highest BCUT2D eigenvalue weighted by atomic mass is 16.5. The number of ether oxygens (including phenoxy) is 1. The van der Waals surface area contributed by atoms with Crippen molar-refractivity contribution < 1.29 is 14.6 Å². The van der Waals surface area contributed by atoms with Gasteiger partial charge in [0.25, 0.3) is 0 Å². The van der Waals surface area contributed by atoms with Gasteiger partial charge in [0.1, 0.15) is 5.54 Å². The number of hydrogen-bond acceptors (Lipinski definition) is 3. The summed E-state index contributed by atoms with van der Waals surface area (Å²) in [4.78, 5) is 11.4. The third-order valence-corrected chi connectivity index (χ3v) is 3.31. The van der Waals surface area contributed by atoms with Gasteiger partial charge in [-0.1, -0.05) is 13.8 Å². The van der Waals surface area contributed by atoms with Gasteiger partial charge in [0.05, 0.1) is 0 Å². The zero-order chi connectivity index (χ0) is 12.7. The van der Waals surface area contributed by atoms with E-state index >= 15 is 0 Å². The van der Waals surface area contributed by atoms with Crippen molar-refractivity contribution in [2.75, 3.05) is 13.2 Å². The summed E-state index contributed by atoms with van der Waals surface area (Å²) in [5, 5.41) is 12.7. The van der Waals surface area contributed by atoms with Crippen LogP contribution in [0.5, 0.6) is 0 Å². The highest BCUT2D eigenvalue weighted by Crippen LogP contribution is 2.27. The van der Waals surface area contributed by atoms with E-state index < -0.39 is 11.5 Å². The van der Waals surface area contributed by atoms with E-state index in [2.05, 4.69) is 12.2 Å². The molecule has 1 fully saturated rings. The van der Waals surface area contributed by atoms with Gasteiger partial charge in [-0.15, -0.1) is 0 Å². The molecule has 1 aliphatic rings. The van der Waals surface area contributed by atoms with Crippen LogP contribution in [0.1, 0.15) is 52.4 Å². The first-order chi connectivity index (χ1) is 8.14. The van der Waals surface area contributed by atoms with Crippen LogP contribution < -0.4 is 5.32 Å². The summed E-state index contributed by atoms with van der Waals surface area (Å²) < 4.78 is 5.40. The van der Waals surface area contributed by atoms with Crippen molar-refractivity contribution in [1.29, 1.82) is 0 Å². The van der Waals surface area contributed by atoms with Gasteiger partial charge in [0, 0.05) is 19.3 Å². The quantitative estimate of drug-likeness (QED) is 0.577. The minimum Gasteiger partial charge on any atom is -0.480 e. The van der Waals surface area contributed by atoms with E-state index in [0.29, 0.717) is 25.5 Å². The predicted molar refractivity (Wildman–Crippen MR) is 67.2 cm³/mol. The average Bonchev–Trinajstić information content (AvgIpc) is 3.10. The largest absolute Gasteiger partial charge is 0.480 e. The molecular formula is C13H25NO3. The summed E-state index contributed by atoms with van der Waals surface area (Å²) >= 11 is 0. The van der Waals surface area contributed by atoms with E-state index in [-0.39, 0.29) is 0 Å². The normalized spacial score (nSPS) is 18.9. The van der Waals surface area contributed by atoms with Gasteiger partial charge in [-0.25, -0.2) is 0 Å². The van der Waals surface area contributed by atoms with Gasteiger partial charge in [-0.05, 0) is 38.5 Å². The van der Waals surface area contributed by atoms with Crippen LogP contribution in [0.4, 0.5) is 0 Å². The van der Waals surface area contributed by atoms with Gasteiger partial charge in [0.2, 0.25) is 0 Å². The first kappa shape index (κ1) is 14.5. The molecule has 4 nitrogen and oxygen atoms in total. The molecule has 1 unspecified atom stereocenters. The SMILES string of the molecule is CCCOCCCC(CC)(NC1CC1)C(=O)O. The fourth-order valence-corrected chi connectivity index (χ4v) is 2.01. The lowest BCUT2D eigenvalue weighted by atomic mass is 9.90. The smallest absolute Gasteiger partial charge is 0.323 e. The Morgan fingerprint density at radius 1 is 1.41 bits per heavy atom. The van der Waals surface area contributed by atoms with Gasteiger partial charge in [0.15, 0.2) is 0 Å². The molecule has 0 amide bonds. The lowest BCUT2D eigenvalue weighted by Crippen LogP contribution is -2.52. The second kappa shape index (κ2) is 6.97. The number of carbonyl (C=O) groups is 1. The van der Waals surface area contributed by atoms with E-state index in [9.17, 15) is 9.90 Å². The number of carboxylic acids is 1. The maximum Gasteiger partial charge on any atom is 0.323 e. The molecule has 0 bridgehead atoms. The number of rotatable bonds is 10. The zero-order valence-electron chi connectivity index (χ0n) is 11.0. The van der Waals surface area contributed by atoms with E-state index in [4.69, 9.17) is 4.74 Å². The molecule has 1 rings (SSSR count). The molecule has 0 aromatic rings. The Morgan fingerprint density at radius 3 is 2.59 bits per heavy atom. The Hall–Kier alpha value is -0.610. The minimum absolute atomic E-state index is 0.419. The maximum absolute atomic E-state index is 11.4. The lowest BCUT2D eigenvalue weighted by molar-refractivity contribution is -0.145. The van der Waals surface area contributed by atoms with Gasteiger partial charge >= 0.3 is 5.97 Å². The van der Waals surface area contributed by atoms with Crippen molar-refractivity contribution in [2.45, 2.75) is 64.0 Å². The summed E-state index contributed by atoms with van der Waals surface area (Å²) in [6.45, 7) is 5.44. The van der Waals surface area contributed by atoms with Gasteiger partial charge in [-0.2, -0.15) is 0 Å². The van der Waals surface area contributed by atoms with Crippen LogP contribution >= 0.6 is 0 Å². The Bertz CT molecular complexity index is 241. The standard InChI is InChI=1S/C13H25NO3/c1-3-9-17-10-5-8-13(4-2,12(15)16)14-11-6-7-11/h11,14H,3-10H2,1-2H3,(H,15,16). The van der Waals surface area contributed by atoms with Crippen molar-refractivity contribution in [3.63, 3.8) is 0 Å². The molecule has 1 aliphatic carbocycles. The van der Waals surface area contributed by atoms with Crippen LogP contribution in [0.15, 0.2) is 0 Å². The molecule has 0 aliphatic heterocycles. The summed E-state index contributed by atoms with van der Waals surface area (Å²) in [5.41, 5.74) is -0.739. The molecule has 1 saturated carbocycles. The maximum atomic E-state index is 11.4. The molecule has 4 heteroatoms. The fraction of sp³-hybridized carbons (Fsp3) is 0.923. The first-order valence-electron chi connectivity index (χ1n) is 6.73. The van der Waals surface area contributed by atoms with Crippen LogP contribution in [0.2, 0.25) is 0 Å². The van der Waals surface area contributed by atoms with Gasteiger partial charge in [-0.3, -0.25) is 10.1 Å². The Morgan fingerprint density at radius 2 is 2.12 bits per heavy atom. The summed E-state index contributed by atoms with van der Waals surface area (Å²) in [5.74, 6) is -0.720. The predicted octanol–water partition coefficient (Wildman–Crippen LogP) is 2.18. The van der Waals surface area contributed by atoms with Gasteiger partial charge < -0.3 is 9.84 Å². The van der Waals surface area contributed by atoms with E-state index in [1.54, 1.807) is 0 Å². The molecule has 17 heavy (non-hydrogen) atoms. The second-order valence-corrected chi connectivity index (χ2v) is 4.88. The number of hydrogen-bond donors (Lipinski definition) is 2. The second-order valence-electron chi connectivity index (χ2n) is 4.88. The molecule has 100 valence electrons. The average molecular weight is 243 g/mol. The van der Waals surface area contributed by atoms with E-state index in [0.717, 1.165) is 32.3 Å². The Kier molecular flexibility index (Phi) is 5.92. The number of aliphatic carboxylic acids is 1. The Labute approximate surface area is 104 Å². The van der Waals surface area contributed by atoms with Crippen LogP contribution in [-0.2, 0) is 9.53 Å². The molecule has 1 atom stereocenters. The molecule has 0 radical (unpaired) electrons. The highest BCUT2D eigenvalue weighted by molar-refractivity contribution is 5.78.